The van der Waals surface area contributed by atoms with Crippen molar-refractivity contribution in [3.63, 3.8) is 0 Å². The topological polar surface area (TPSA) is 39.1 Å². The Bertz CT molecular complexity index is 281. The van der Waals surface area contributed by atoms with Crippen molar-refractivity contribution in [2.45, 2.75) is 25.9 Å². The average Bonchev–Trinajstić information content (AvgIpc) is 2.48. The summed E-state index contributed by atoms with van der Waals surface area (Å²) in [6.07, 6.45) is 1.94. The zero-order chi connectivity index (χ0) is 10.6. The number of methoxy groups -OCH3 is 1. The molecule has 0 unspecified atom stereocenters. The molecule has 80 valence electrons. The lowest BCUT2D eigenvalue weighted by Gasteiger charge is -2.24. The Labute approximate surface area is 85.3 Å². The van der Waals surface area contributed by atoms with Gasteiger partial charge in [-0.3, -0.25) is 4.68 Å². The van der Waals surface area contributed by atoms with Gasteiger partial charge in [-0.2, -0.15) is 5.10 Å². The third-order valence-electron chi connectivity index (χ3n) is 2.02. The molecule has 0 atom stereocenters. The van der Waals surface area contributed by atoms with E-state index in [9.17, 15) is 0 Å². The minimum Gasteiger partial charge on any atom is -0.383 e. The van der Waals surface area contributed by atoms with Gasteiger partial charge in [-0.1, -0.05) is 0 Å². The normalized spacial score (nSPS) is 12.0. The standard InChI is InChI=1S/C10H19N3O/c1-10(2,8-14-4)11-7-9-5-6-13(3)12-9/h5-6,11H,7-8H2,1-4H3. The SMILES string of the molecule is COCC(C)(C)NCc1ccn(C)n1. The van der Waals surface area contributed by atoms with Crippen LogP contribution in [0.1, 0.15) is 19.5 Å². The van der Waals surface area contributed by atoms with Crippen molar-refractivity contribution in [3.8, 4) is 0 Å². The van der Waals surface area contributed by atoms with E-state index in [4.69, 9.17) is 4.74 Å². The largest absolute Gasteiger partial charge is 0.383 e. The maximum absolute atomic E-state index is 5.11. The highest BCUT2D eigenvalue weighted by atomic mass is 16.5. The van der Waals surface area contributed by atoms with Gasteiger partial charge in [-0.15, -0.1) is 0 Å². The predicted octanol–water partition coefficient (Wildman–Crippen LogP) is 0.935. The molecule has 14 heavy (non-hydrogen) atoms. The second-order valence-corrected chi connectivity index (χ2v) is 4.15. The van der Waals surface area contributed by atoms with Crippen LogP contribution < -0.4 is 5.32 Å². The van der Waals surface area contributed by atoms with Gasteiger partial charge >= 0.3 is 0 Å². The van der Waals surface area contributed by atoms with E-state index in [-0.39, 0.29) is 5.54 Å². The molecule has 1 heterocycles. The van der Waals surface area contributed by atoms with Gasteiger partial charge in [0.25, 0.3) is 0 Å². The Morgan fingerprint density at radius 2 is 2.29 bits per heavy atom. The Morgan fingerprint density at radius 3 is 2.79 bits per heavy atom. The van der Waals surface area contributed by atoms with Gasteiger partial charge in [-0.25, -0.2) is 0 Å². The van der Waals surface area contributed by atoms with Gasteiger partial charge in [0.1, 0.15) is 0 Å². The summed E-state index contributed by atoms with van der Waals surface area (Å²) >= 11 is 0. The number of aryl methyl sites for hydroxylation is 1. The third kappa shape index (κ3) is 3.47. The summed E-state index contributed by atoms with van der Waals surface area (Å²) in [7, 11) is 3.63. The van der Waals surface area contributed by atoms with Crippen molar-refractivity contribution >= 4 is 0 Å². The lowest BCUT2D eigenvalue weighted by Crippen LogP contribution is -2.42. The van der Waals surface area contributed by atoms with Gasteiger partial charge in [0, 0.05) is 32.4 Å². The summed E-state index contributed by atoms with van der Waals surface area (Å²) < 4.78 is 6.92. The van der Waals surface area contributed by atoms with Crippen LogP contribution in [0.4, 0.5) is 0 Å². The van der Waals surface area contributed by atoms with E-state index in [1.165, 1.54) is 0 Å². The smallest absolute Gasteiger partial charge is 0.0762 e. The minimum absolute atomic E-state index is 0.00767. The molecule has 0 saturated heterocycles. The number of nitrogens with zero attached hydrogens (tertiary/aromatic N) is 2. The van der Waals surface area contributed by atoms with Crippen LogP contribution in [0.2, 0.25) is 0 Å². The van der Waals surface area contributed by atoms with Crippen LogP contribution in [0.3, 0.4) is 0 Å². The highest BCUT2D eigenvalue weighted by Gasteiger charge is 2.16. The quantitative estimate of drug-likeness (QED) is 0.763. The number of nitrogens with one attached hydrogen (secondary N) is 1. The first-order chi connectivity index (χ1) is 6.53. The van der Waals surface area contributed by atoms with Crippen LogP contribution >= 0.6 is 0 Å². The van der Waals surface area contributed by atoms with Crippen LogP contribution in [0.5, 0.6) is 0 Å². The minimum atomic E-state index is -0.00767. The Balaban J connectivity index is 2.40. The number of hydrogen-bond acceptors (Lipinski definition) is 3. The van der Waals surface area contributed by atoms with Crippen LogP contribution in [-0.2, 0) is 18.3 Å². The maximum Gasteiger partial charge on any atom is 0.0762 e. The van der Waals surface area contributed by atoms with Crippen LogP contribution in [-0.4, -0.2) is 29.0 Å². The zero-order valence-electron chi connectivity index (χ0n) is 9.37. The number of ether oxygens (including phenoxy) is 1. The second-order valence-electron chi connectivity index (χ2n) is 4.15. The zero-order valence-corrected chi connectivity index (χ0v) is 9.37. The fourth-order valence-corrected chi connectivity index (χ4v) is 1.30. The van der Waals surface area contributed by atoms with Crippen LogP contribution in [0.15, 0.2) is 12.3 Å². The van der Waals surface area contributed by atoms with E-state index in [0.29, 0.717) is 6.61 Å². The summed E-state index contributed by atoms with van der Waals surface area (Å²) in [6.45, 7) is 5.69. The first kappa shape index (κ1) is 11.2. The van der Waals surface area contributed by atoms with E-state index in [1.807, 2.05) is 19.3 Å². The van der Waals surface area contributed by atoms with Gasteiger partial charge in [-0.05, 0) is 19.9 Å². The molecule has 1 aromatic rings. The van der Waals surface area contributed by atoms with Gasteiger partial charge in [0.2, 0.25) is 0 Å². The lowest BCUT2D eigenvalue weighted by atomic mass is 10.1. The molecule has 4 nitrogen and oxygen atoms in total. The predicted molar refractivity (Wildman–Crippen MR) is 56.0 cm³/mol. The molecule has 0 bridgehead atoms. The van der Waals surface area contributed by atoms with E-state index >= 15 is 0 Å². The molecule has 0 radical (unpaired) electrons. The summed E-state index contributed by atoms with van der Waals surface area (Å²) in [4.78, 5) is 0. The molecule has 0 amide bonds. The van der Waals surface area contributed by atoms with Gasteiger partial charge < -0.3 is 10.1 Å². The summed E-state index contributed by atoms with van der Waals surface area (Å²) in [5, 5.41) is 7.68. The number of rotatable bonds is 5. The molecule has 4 heteroatoms. The summed E-state index contributed by atoms with van der Waals surface area (Å²) in [5.41, 5.74) is 1.04. The second kappa shape index (κ2) is 4.57. The summed E-state index contributed by atoms with van der Waals surface area (Å²) in [6, 6.07) is 2.01. The first-order valence-corrected chi connectivity index (χ1v) is 4.76. The highest BCUT2D eigenvalue weighted by Crippen LogP contribution is 2.04. The molecule has 1 N–H and O–H groups in total. The fraction of sp³-hybridized carbons (Fsp3) is 0.700. The molecule has 1 rings (SSSR count). The molecule has 0 spiro atoms. The molecule has 1 aromatic heterocycles. The Morgan fingerprint density at radius 1 is 1.57 bits per heavy atom. The average molecular weight is 197 g/mol. The monoisotopic (exact) mass is 197 g/mol. The van der Waals surface area contributed by atoms with Crippen LogP contribution in [0.25, 0.3) is 0 Å². The number of aromatic nitrogens is 2. The van der Waals surface area contributed by atoms with Gasteiger partial charge in [0.15, 0.2) is 0 Å². The third-order valence-corrected chi connectivity index (χ3v) is 2.02. The van der Waals surface area contributed by atoms with E-state index in [1.54, 1.807) is 11.8 Å². The molecular weight excluding hydrogens is 178 g/mol. The fourth-order valence-electron chi connectivity index (χ4n) is 1.30. The molecule has 0 aromatic carbocycles. The Hall–Kier alpha value is -0.870. The molecule has 0 aliphatic carbocycles. The molecular formula is C10H19N3O. The van der Waals surface area contributed by atoms with Gasteiger partial charge in [0.05, 0.1) is 12.3 Å². The van der Waals surface area contributed by atoms with E-state index in [0.717, 1.165) is 12.2 Å². The van der Waals surface area contributed by atoms with E-state index in [2.05, 4.69) is 24.3 Å². The van der Waals surface area contributed by atoms with Crippen molar-refractivity contribution in [2.75, 3.05) is 13.7 Å². The number of hydrogen-bond donors (Lipinski definition) is 1. The first-order valence-electron chi connectivity index (χ1n) is 4.76. The van der Waals surface area contributed by atoms with Crippen LogP contribution in [0, 0.1) is 0 Å². The Kier molecular flexibility index (Phi) is 3.66. The molecule has 0 aliphatic rings. The van der Waals surface area contributed by atoms with Crippen molar-refractivity contribution in [2.24, 2.45) is 7.05 Å². The van der Waals surface area contributed by atoms with E-state index < -0.39 is 0 Å². The van der Waals surface area contributed by atoms with Crippen molar-refractivity contribution < 1.29 is 4.74 Å². The molecule has 0 fully saturated rings. The summed E-state index contributed by atoms with van der Waals surface area (Å²) in [5.74, 6) is 0. The molecule has 0 saturated carbocycles. The maximum atomic E-state index is 5.11. The highest BCUT2D eigenvalue weighted by molar-refractivity contribution is 4.99. The lowest BCUT2D eigenvalue weighted by molar-refractivity contribution is 0.127. The van der Waals surface area contributed by atoms with Crippen molar-refractivity contribution in [3.05, 3.63) is 18.0 Å². The van der Waals surface area contributed by atoms with Crippen molar-refractivity contribution in [1.82, 2.24) is 15.1 Å². The molecule has 0 aliphatic heterocycles. The van der Waals surface area contributed by atoms with Crippen molar-refractivity contribution in [1.29, 1.82) is 0 Å².